The minimum atomic E-state index is 0.306. The first-order valence-corrected chi connectivity index (χ1v) is 8.86. The second-order valence-corrected chi connectivity index (χ2v) is 9.39. The summed E-state index contributed by atoms with van der Waals surface area (Å²) in [5.74, 6) is 0. The molecule has 0 aromatic rings. The van der Waals surface area contributed by atoms with Gasteiger partial charge in [0, 0.05) is 24.7 Å². The molecule has 126 valence electrons. The predicted molar refractivity (Wildman–Crippen MR) is 94.8 cm³/mol. The monoisotopic (exact) mass is 296 g/mol. The van der Waals surface area contributed by atoms with Gasteiger partial charge in [0.25, 0.3) is 0 Å². The first-order valence-electron chi connectivity index (χ1n) is 8.86. The summed E-state index contributed by atoms with van der Waals surface area (Å²) in [7, 11) is 4.67. The Hall–Kier alpha value is -0.0800. The van der Waals surface area contributed by atoms with E-state index in [1.165, 1.54) is 38.8 Å². The van der Waals surface area contributed by atoms with Crippen LogP contribution in [0.1, 0.15) is 74.1 Å². The van der Waals surface area contributed by atoms with Gasteiger partial charge in [0.2, 0.25) is 0 Å². The van der Waals surface area contributed by atoms with Crippen molar-refractivity contribution in [1.82, 2.24) is 9.80 Å². The van der Waals surface area contributed by atoms with Crippen LogP contribution in [0.3, 0.4) is 0 Å². The molecule has 0 N–H and O–H groups in total. The summed E-state index contributed by atoms with van der Waals surface area (Å²) < 4.78 is 0. The Kier molecular flexibility index (Phi) is 5.94. The lowest BCUT2D eigenvalue weighted by Gasteiger charge is -2.50. The van der Waals surface area contributed by atoms with E-state index >= 15 is 0 Å². The Bertz CT molecular complexity index is 334. The number of hydrogen-bond acceptors (Lipinski definition) is 2. The second kappa shape index (κ2) is 6.58. The standard InChI is InChI=1S/C19H40N2/c1-10-16-12-17(3,4)15-21(9)19(7,11-2)13-18(5,6)14-20(16)8/h16H,10-15H2,1-9H3. The van der Waals surface area contributed by atoms with Crippen LogP contribution in [0, 0.1) is 10.8 Å². The molecule has 1 fully saturated rings. The summed E-state index contributed by atoms with van der Waals surface area (Å²) in [6.07, 6.45) is 5.04. The van der Waals surface area contributed by atoms with Crippen LogP contribution in [0.5, 0.6) is 0 Å². The zero-order valence-corrected chi connectivity index (χ0v) is 16.2. The number of nitrogens with zero attached hydrogens (tertiary/aromatic N) is 2. The lowest BCUT2D eigenvalue weighted by atomic mass is 9.74. The Morgan fingerprint density at radius 3 is 1.95 bits per heavy atom. The molecule has 1 heterocycles. The van der Waals surface area contributed by atoms with E-state index in [-0.39, 0.29) is 0 Å². The molecule has 0 amide bonds. The van der Waals surface area contributed by atoms with E-state index < -0.39 is 0 Å². The SMILES string of the molecule is CCC1CC(C)(C)CN(C)C(C)(CC)CC(C)(C)CN1C. The maximum atomic E-state index is 2.65. The van der Waals surface area contributed by atoms with Crippen molar-refractivity contribution < 1.29 is 0 Å². The van der Waals surface area contributed by atoms with Gasteiger partial charge in [0.05, 0.1) is 0 Å². The quantitative estimate of drug-likeness (QED) is 0.732. The van der Waals surface area contributed by atoms with Crippen molar-refractivity contribution in [1.29, 1.82) is 0 Å². The van der Waals surface area contributed by atoms with Crippen LogP contribution < -0.4 is 0 Å². The van der Waals surface area contributed by atoms with Crippen LogP contribution in [-0.2, 0) is 0 Å². The van der Waals surface area contributed by atoms with Crippen molar-refractivity contribution in [2.45, 2.75) is 85.7 Å². The maximum Gasteiger partial charge on any atom is 0.0181 e. The van der Waals surface area contributed by atoms with E-state index in [2.05, 4.69) is 72.4 Å². The highest BCUT2D eigenvalue weighted by atomic mass is 15.2. The zero-order valence-electron chi connectivity index (χ0n) is 16.2. The minimum absolute atomic E-state index is 0.306. The van der Waals surface area contributed by atoms with E-state index in [1.54, 1.807) is 0 Å². The molecule has 2 heteroatoms. The molecule has 0 radical (unpaired) electrons. The van der Waals surface area contributed by atoms with Gasteiger partial charge in [-0.05, 0) is 57.5 Å². The topological polar surface area (TPSA) is 6.48 Å². The Morgan fingerprint density at radius 2 is 1.48 bits per heavy atom. The van der Waals surface area contributed by atoms with Crippen LogP contribution in [0.2, 0.25) is 0 Å². The van der Waals surface area contributed by atoms with Crippen molar-refractivity contribution >= 4 is 0 Å². The molecule has 1 aliphatic rings. The van der Waals surface area contributed by atoms with Gasteiger partial charge in [-0.25, -0.2) is 0 Å². The molecule has 2 nitrogen and oxygen atoms in total. The Morgan fingerprint density at radius 1 is 0.905 bits per heavy atom. The van der Waals surface area contributed by atoms with Crippen molar-refractivity contribution in [2.24, 2.45) is 10.8 Å². The van der Waals surface area contributed by atoms with Crippen LogP contribution >= 0.6 is 0 Å². The average Bonchev–Trinajstić information content (AvgIpc) is 2.32. The Labute approximate surface area is 134 Å². The van der Waals surface area contributed by atoms with E-state index in [0.29, 0.717) is 22.4 Å². The molecular weight excluding hydrogens is 256 g/mol. The summed E-state index contributed by atoms with van der Waals surface area (Å²) in [6.45, 7) is 19.3. The van der Waals surface area contributed by atoms with Crippen molar-refractivity contribution in [3.8, 4) is 0 Å². The molecule has 1 aliphatic heterocycles. The summed E-state index contributed by atoms with van der Waals surface area (Å²) in [6, 6.07) is 0.707. The summed E-state index contributed by atoms with van der Waals surface area (Å²) in [4.78, 5) is 5.27. The molecule has 2 atom stereocenters. The van der Waals surface area contributed by atoms with Gasteiger partial charge in [-0.3, -0.25) is 0 Å². The number of rotatable bonds is 2. The van der Waals surface area contributed by atoms with Gasteiger partial charge in [-0.2, -0.15) is 0 Å². The third kappa shape index (κ3) is 4.96. The normalized spacial score (nSPS) is 35.6. The van der Waals surface area contributed by atoms with E-state index in [0.717, 1.165) is 0 Å². The average molecular weight is 297 g/mol. The first-order chi connectivity index (χ1) is 9.45. The predicted octanol–water partition coefficient (Wildman–Crippen LogP) is 4.64. The Balaban J connectivity index is 3.11. The zero-order chi connectivity index (χ0) is 16.5. The minimum Gasteiger partial charge on any atom is -0.303 e. The van der Waals surface area contributed by atoms with E-state index in [9.17, 15) is 0 Å². The van der Waals surface area contributed by atoms with Crippen LogP contribution in [0.15, 0.2) is 0 Å². The van der Waals surface area contributed by atoms with Crippen molar-refractivity contribution in [2.75, 3.05) is 27.2 Å². The highest BCUT2D eigenvalue weighted by molar-refractivity contribution is 4.94. The van der Waals surface area contributed by atoms with Crippen LogP contribution in [0.4, 0.5) is 0 Å². The third-order valence-electron chi connectivity index (χ3n) is 5.77. The van der Waals surface area contributed by atoms with Crippen molar-refractivity contribution in [3.63, 3.8) is 0 Å². The molecule has 0 aromatic heterocycles. The molecule has 0 saturated carbocycles. The fraction of sp³-hybridized carbons (Fsp3) is 1.00. The van der Waals surface area contributed by atoms with E-state index in [4.69, 9.17) is 0 Å². The van der Waals surface area contributed by atoms with Gasteiger partial charge >= 0.3 is 0 Å². The molecule has 0 spiro atoms. The van der Waals surface area contributed by atoms with Gasteiger partial charge in [0.1, 0.15) is 0 Å². The van der Waals surface area contributed by atoms with Gasteiger partial charge in [0.15, 0.2) is 0 Å². The third-order valence-corrected chi connectivity index (χ3v) is 5.77. The molecule has 1 saturated heterocycles. The molecular formula is C19H40N2. The van der Waals surface area contributed by atoms with Gasteiger partial charge in [-0.15, -0.1) is 0 Å². The molecule has 0 bridgehead atoms. The highest BCUT2D eigenvalue weighted by Gasteiger charge is 2.39. The number of hydrogen-bond donors (Lipinski definition) is 0. The molecule has 2 unspecified atom stereocenters. The smallest absolute Gasteiger partial charge is 0.0181 e. The second-order valence-electron chi connectivity index (χ2n) is 9.39. The van der Waals surface area contributed by atoms with Crippen LogP contribution in [-0.4, -0.2) is 48.6 Å². The lowest BCUT2D eigenvalue weighted by Crippen LogP contribution is -2.54. The van der Waals surface area contributed by atoms with E-state index in [1.807, 2.05) is 0 Å². The highest BCUT2D eigenvalue weighted by Crippen LogP contribution is 2.39. The summed E-state index contributed by atoms with van der Waals surface area (Å²) in [5, 5.41) is 0. The fourth-order valence-corrected chi connectivity index (χ4v) is 4.57. The van der Waals surface area contributed by atoms with Gasteiger partial charge < -0.3 is 9.80 Å². The molecule has 1 rings (SSSR count). The first kappa shape index (κ1) is 19.0. The maximum absolute atomic E-state index is 2.65. The molecule has 0 aromatic carbocycles. The summed E-state index contributed by atoms with van der Waals surface area (Å²) >= 11 is 0. The largest absolute Gasteiger partial charge is 0.303 e. The van der Waals surface area contributed by atoms with Gasteiger partial charge in [-0.1, -0.05) is 41.5 Å². The van der Waals surface area contributed by atoms with Crippen molar-refractivity contribution in [3.05, 3.63) is 0 Å². The van der Waals surface area contributed by atoms with Crippen LogP contribution in [0.25, 0.3) is 0 Å². The molecule has 0 aliphatic carbocycles. The lowest BCUT2D eigenvalue weighted by molar-refractivity contribution is 0.00210. The molecule has 21 heavy (non-hydrogen) atoms. The fourth-order valence-electron chi connectivity index (χ4n) is 4.57. The summed E-state index contributed by atoms with van der Waals surface area (Å²) in [5.41, 5.74) is 1.05.